The van der Waals surface area contributed by atoms with Crippen molar-refractivity contribution < 1.29 is 18.9 Å². The minimum atomic E-state index is -1.23. The summed E-state index contributed by atoms with van der Waals surface area (Å²) in [7, 11) is 0. The first-order valence-corrected chi connectivity index (χ1v) is 10.4. The van der Waals surface area contributed by atoms with Crippen LogP contribution in [0.4, 0.5) is 0 Å². The number of nitrogens with one attached hydrogen (secondary N) is 2. The van der Waals surface area contributed by atoms with Crippen LogP contribution in [0.1, 0.15) is 58.2 Å². The summed E-state index contributed by atoms with van der Waals surface area (Å²) in [5, 5.41) is 21.1. The number of carboxylic acid groups (broad SMARTS) is 1. The highest BCUT2D eigenvalue weighted by molar-refractivity contribution is 7.92. The predicted octanol–water partition coefficient (Wildman–Crippen LogP) is 3.53. The first kappa shape index (κ1) is 23.7. The lowest BCUT2D eigenvalue weighted by Crippen LogP contribution is -2.34. The third kappa shape index (κ3) is 6.72. The van der Waals surface area contributed by atoms with E-state index >= 15 is 0 Å². The van der Waals surface area contributed by atoms with E-state index in [2.05, 4.69) is 59.9 Å². The molecule has 0 fully saturated rings. The number of carbonyl (C=O) groups excluding carboxylic acids is 1. The molecule has 2 rings (SSSR count). The van der Waals surface area contributed by atoms with Gasteiger partial charge < -0.3 is 19.9 Å². The second-order valence-electron chi connectivity index (χ2n) is 7.64. The Morgan fingerprint density at radius 2 is 1.60 bits per heavy atom. The second-order valence-corrected chi connectivity index (χ2v) is 8.40. The average molecular weight is 448 g/mol. The lowest BCUT2D eigenvalue weighted by atomic mass is 9.87. The van der Waals surface area contributed by atoms with Gasteiger partial charge in [0.2, 0.25) is 0 Å². The van der Waals surface area contributed by atoms with E-state index < -0.39 is 11.9 Å². The summed E-state index contributed by atoms with van der Waals surface area (Å²) >= 11 is 5.66. The fourth-order valence-electron chi connectivity index (χ4n) is 2.69. The van der Waals surface area contributed by atoms with E-state index in [9.17, 15) is 14.7 Å². The molecule has 0 unspecified atom stereocenters. The van der Waals surface area contributed by atoms with Crippen molar-refractivity contribution in [2.45, 2.75) is 39.3 Å². The quantitative estimate of drug-likeness (QED) is 0.287. The van der Waals surface area contributed by atoms with Crippen molar-refractivity contribution in [2.24, 2.45) is 5.14 Å². The Balaban J connectivity index is 1.93. The maximum atomic E-state index is 11.8. The molecule has 0 spiro atoms. The monoisotopic (exact) mass is 447 g/mol. The summed E-state index contributed by atoms with van der Waals surface area (Å²) < 4.78 is 4.60. The van der Waals surface area contributed by atoms with Gasteiger partial charge in [0, 0.05) is 13.1 Å². The summed E-state index contributed by atoms with van der Waals surface area (Å²) in [5.74, 6) is -2.04. The average Bonchev–Trinajstić information content (AvgIpc) is 2.70. The lowest BCUT2D eigenvalue weighted by Gasteiger charge is -2.19. The number of carboxylic acids is 1. The molecule has 0 atom stereocenters. The predicted molar refractivity (Wildman–Crippen MR) is 122 cm³/mol. The van der Waals surface area contributed by atoms with E-state index in [0.29, 0.717) is 36.0 Å². The van der Waals surface area contributed by atoms with Crippen molar-refractivity contribution in [1.29, 1.82) is 0 Å². The molecule has 0 radical (unpaired) electrons. The molecule has 0 amide bonds. The number of carbonyl (C=O) groups is 2. The Hall–Kier alpha value is -2.62. The molecular formula is C21H25N3O4S2. The number of nitrogens with two attached hydrogens (primary N) is 1. The van der Waals surface area contributed by atoms with Crippen LogP contribution in [-0.4, -0.2) is 22.2 Å². The molecule has 0 saturated heterocycles. The van der Waals surface area contributed by atoms with Gasteiger partial charge in [-0.2, -0.15) is 0 Å². The van der Waals surface area contributed by atoms with Crippen LogP contribution >= 0.6 is 24.4 Å². The third-order valence-electron chi connectivity index (χ3n) is 4.38. The molecule has 0 saturated carbocycles. The standard InChI is InChI=1S/C21H25N3O4S2/c1-21(2,3)15-7-4-13(5-8-15)11-23-20(29)24-12-14-6-9-16(19(27)28-30-22)17(10-14)18(25)26/h4-10H,11-12,22H2,1-3H3,(H,25,26)(H2,23,24,29). The van der Waals surface area contributed by atoms with Gasteiger partial charge >= 0.3 is 11.9 Å². The van der Waals surface area contributed by atoms with Gasteiger partial charge in [0.1, 0.15) is 12.2 Å². The van der Waals surface area contributed by atoms with Gasteiger partial charge in [-0.1, -0.05) is 51.1 Å². The van der Waals surface area contributed by atoms with Crippen molar-refractivity contribution in [3.05, 3.63) is 70.3 Å². The minimum absolute atomic E-state index is 0.0661. The van der Waals surface area contributed by atoms with Crippen LogP contribution < -0.4 is 15.8 Å². The molecule has 30 heavy (non-hydrogen) atoms. The topological polar surface area (TPSA) is 114 Å². The van der Waals surface area contributed by atoms with Gasteiger partial charge in [0.25, 0.3) is 0 Å². The molecule has 0 bridgehead atoms. The smallest absolute Gasteiger partial charge is 0.352 e. The molecular weight excluding hydrogens is 422 g/mol. The van der Waals surface area contributed by atoms with Crippen molar-refractivity contribution in [3.63, 3.8) is 0 Å². The van der Waals surface area contributed by atoms with E-state index in [-0.39, 0.29) is 16.5 Å². The highest BCUT2D eigenvalue weighted by atomic mass is 32.2. The molecule has 0 aromatic heterocycles. The zero-order valence-electron chi connectivity index (χ0n) is 17.0. The van der Waals surface area contributed by atoms with E-state index in [4.69, 9.17) is 17.4 Å². The molecule has 5 N–H and O–H groups in total. The molecule has 0 heterocycles. The summed E-state index contributed by atoms with van der Waals surface area (Å²) in [6.07, 6.45) is 0. The van der Waals surface area contributed by atoms with E-state index in [1.54, 1.807) is 6.07 Å². The number of thiocarbonyl (C=S) groups is 1. The Kier molecular flexibility index (Phi) is 8.22. The van der Waals surface area contributed by atoms with Crippen molar-refractivity contribution >= 4 is 41.5 Å². The lowest BCUT2D eigenvalue weighted by molar-refractivity contribution is 0.0676. The van der Waals surface area contributed by atoms with Gasteiger partial charge in [-0.25, -0.2) is 14.7 Å². The zero-order valence-corrected chi connectivity index (χ0v) is 18.7. The Morgan fingerprint density at radius 1 is 1.03 bits per heavy atom. The molecule has 2 aromatic rings. The van der Waals surface area contributed by atoms with Gasteiger partial charge in [-0.15, -0.1) is 0 Å². The Labute approximate surface area is 185 Å². The zero-order chi connectivity index (χ0) is 22.3. The first-order chi connectivity index (χ1) is 14.1. The summed E-state index contributed by atoms with van der Waals surface area (Å²) in [5.41, 5.74) is 2.89. The molecule has 0 aliphatic heterocycles. The number of hydrogen-bond donors (Lipinski definition) is 4. The van der Waals surface area contributed by atoms with Crippen LogP contribution in [0.3, 0.4) is 0 Å². The van der Waals surface area contributed by atoms with Gasteiger partial charge in [-0.05, 0) is 46.5 Å². The van der Waals surface area contributed by atoms with Crippen molar-refractivity contribution in [3.8, 4) is 0 Å². The van der Waals surface area contributed by atoms with Crippen molar-refractivity contribution in [2.75, 3.05) is 0 Å². The molecule has 2 aromatic carbocycles. The van der Waals surface area contributed by atoms with Crippen LogP contribution in [0.15, 0.2) is 42.5 Å². The largest absolute Gasteiger partial charge is 0.478 e. The number of rotatable bonds is 7. The van der Waals surface area contributed by atoms with Crippen molar-refractivity contribution in [1.82, 2.24) is 10.6 Å². The molecule has 7 nitrogen and oxygen atoms in total. The molecule has 0 aliphatic rings. The van der Waals surface area contributed by atoms with Crippen LogP contribution in [0.2, 0.25) is 0 Å². The number of benzene rings is 2. The summed E-state index contributed by atoms with van der Waals surface area (Å²) in [6.45, 7) is 7.37. The fraction of sp³-hybridized carbons (Fsp3) is 0.286. The number of hydrogen-bond acceptors (Lipinski definition) is 6. The summed E-state index contributed by atoms with van der Waals surface area (Å²) in [6, 6.07) is 12.8. The van der Waals surface area contributed by atoms with Crippen LogP contribution in [0, 0.1) is 0 Å². The second kappa shape index (κ2) is 10.4. The molecule has 9 heteroatoms. The Bertz CT molecular complexity index is 925. The summed E-state index contributed by atoms with van der Waals surface area (Å²) in [4.78, 5) is 23.3. The van der Waals surface area contributed by atoms with Gasteiger partial charge in [-0.3, -0.25) is 0 Å². The van der Waals surface area contributed by atoms with Crippen LogP contribution in [0.25, 0.3) is 0 Å². The van der Waals surface area contributed by atoms with Crippen LogP contribution in [0.5, 0.6) is 0 Å². The van der Waals surface area contributed by atoms with Gasteiger partial charge in [0.15, 0.2) is 5.11 Å². The normalized spacial score (nSPS) is 10.9. The maximum Gasteiger partial charge on any atom is 0.352 e. The van der Waals surface area contributed by atoms with E-state index in [1.165, 1.54) is 17.7 Å². The van der Waals surface area contributed by atoms with E-state index in [1.807, 2.05) is 0 Å². The van der Waals surface area contributed by atoms with Crippen LogP contribution in [-0.2, 0) is 22.7 Å². The maximum absolute atomic E-state index is 11.8. The SMILES string of the molecule is CC(C)(C)c1ccc(CNC(=S)NCc2ccc(C(=O)OSN)c(C(=O)O)c2)cc1. The third-order valence-corrected chi connectivity index (χ3v) is 4.92. The fourth-order valence-corrected chi connectivity index (χ4v) is 3.02. The Morgan fingerprint density at radius 3 is 2.13 bits per heavy atom. The minimum Gasteiger partial charge on any atom is -0.478 e. The highest BCUT2D eigenvalue weighted by Gasteiger charge is 2.19. The highest BCUT2D eigenvalue weighted by Crippen LogP contribution is 2.22. The molecule has 0 aliphatic carbocycles. The number of aromatic carboxylic acids is 1. The van der Waals surface area contributed by atoms with Gasteiger partial charge in [0.05, 0.1) is 11.1 Å². The van der Waals surface area contributed by atoms with E-state index in [0.717, 1.165) is 5.56 Å². The molecule has 160 valence electrons. The first-order valence-electron chi connectivity index (χ1n) is 9.17.